The fourth-order valence-corrected chi connectivity index (χ4v) is 4.11. The topological polar surface area (TPSA) is 60.4 Å². The zero-order chi connectivity index (χ0) is 20.7. The summed E-state index contributed by atoms with van der Waals surface area (Å²) in [4.78, 5) is 13.2. The van der Waals surface area contributed by atoms with Crippen LogP contribution >= 0.6 is 0 Å². The van der Waals surface area contributed by atoms with E-state index < -0.39 is 20.9 Å². The van der Waals surface area contributed by atoms with Gasteiger partial charge in [0.25, 0.3) is 0 Å². The van der Waals surface area contributed by atoms with E-state index in [4.69, 9.17) is 4.74 Å². The van der Waals surface area contributed by atoms with Crippen LogP contribution < -0.4 is 0 Å². The summed E-state index contributed by atoms with van der Waals surface area (Å²) < 4.78 is 44.0. The number of halogens is 1. The first-order chi connectivity index (χ1) is 12.9. The van der Waals surface area contributed by atoms with Crippen molar-refractivity contribution in [3.05, 3.63) is 35.6 Å². The molecule has 0 amide bonds. The van der Waals surface area contributed by atoms with Gasteiger partial charge in [-0.2, -0.15) is 0 Å². The lowest BCUT2D eigenvalue weighted by Crippen LogP contribution is -2.37. The minimum Gasteiger partial charge on any atom is -0.486 e. The molecule has 28 heavy (non-hydrogen) atoms. The van der Waals surface area contributed by atoms with Crippen molar-refractivity contribution < 1.29 is 22.3 Å². The van der Waals surface area contributed by atoms with Crippen LogP contribution in [0.1, 0.15) is 58.4 Å². The first kappa shape index (κ1) is 21.0. The molecule has 2 fully saturated rings. The molecule has 2 saturated carbocycles. The molecule has 0 heterocycles. The largest absolute Gasteiger partial charge is 0.486 e. The number of ether oxygens (including phenoxy) is 1. The molecule has 0 aliphatic heterocycles. The molecule has 0 bridgehead atoms. The first-order valence-electron chi connectivity index (χ1n) is 9.82. The number of carbonyl (C=O) groups is 1. The Kier molecular flexibility index (Phi) is 5.47. The average molecular weight is 409 g/mol. The Balaban J connectivity index is 2.04. The van der Waals surface area contributed by atoms with Crippen molar-refractivity contribution in [1.29, 1.82) is 0 Å². The number of benzene rings is 1. The second-order valence-corrected chi connectivity index (χ2v) is 11.2. The van der Waals surface area contributed by atoms with E-state index >= 15 is 0 Å². The molecule has 0 saturated heterocycles. The molecule has 0 spiro atoms. The summed E-state index contributed by atoms with van der Waals surface area (Å²) in [5.41, 5.74) is -0.355. The Labute approximate surface area is 167 Å². The SMILES string of the molecule is CC(C)(C)/C(=C(/OCC1(F)CCC1)C(=O)C1CC1)c1ccc(S(C)(=O)=O)cc1. The molecule has 2 aliphatic rings. The molecular weight excluding hydrogens is 379 g/mol. The van der Waals surface area contributed by atoms with Crippen LogP contribution in [0.15, 0.2) is 34.9 Å². The molecule has 3 rings (SSSR count). The van der Waals surface area contributed by atoms with Crippen LogP contribution in [-0.2, 0) is 19.4 Å². The lowest BCUT2D eigenvalue weighted by atomic mass is 9.80. The predicted octanol–water partition coefficient (Wildman–Crippen LogP) is 4.74. The second-order valence-electron chi connectivity index (χ2n) is 9.18. The number of ketones is 1. The van der Waals surface area contributed by atoms with E-state index in [1.54, 1.807) is 12.1 Å². The monoisotopic (exact) mass is 408 g/mol. The maximum absolute atomic E-state index is 14.6. The predicted molar refractivity (Wildman–Crippen MR) is 107 cm³/mol. The van der Waals surface area contributed by atoms with Gasteiger partial charge in [-0.05, 0) is 55.2 Å². The minimum atomic E-state index is -3.31. The fraction of sp³-hybridized carbons (Fsp3) is 0.591. The van der Waals surface area contributed by atoms with Crippen LogP contribution in [0, 0.1) is 11.3 Å². The van der Waals surface area contributed by atoms with Crippen molar-refractivity contribution in [2.45, 2.75) is 63.4 Å². The van der Waals surface area contributed by atoms with Gasteiger partial charge in [0.15, 0.2) is 15.6 Å². The van der Waals surface area contributed by atoms with E-state index in [1.807, 2.05) is 20.8 Å². The van der Waals surface area contributed by atoms with Crippen LogP contribution in [0.25, 0.3) is 5.57 Å². The summed E-state index contributed by atoms with van der Waals surface area (Å²) in [7, 11) is -3.31. The number of alkyl halides is 1. The normalized spacial score (nSPS) is 20.2. The Morgan fingerprint density at radius 1 is 1.18 bits per heavy atom. The molecule has 1 aromatic carbocycles. The lowest BCUT2D eigenvalue weighted by Gasteiger charge is -2.35. The van der Waals surface area contributed by atoms with Crippen molar-refractivity contribution >= 4 is 21.2 Å². The molecule has 4 nitrogen and oxygen atoms in total. The lowest BCUT2D eigenvalue weighted by molar-refractivity contribution is -0.121. The highest BCUT2D eigenvalue weighted by atomic mass is 32.2. The summed E-state index contributed by atoms with van der Waals surface area (Å²) in [5.74, 6) is 0.116. The summed E-state index contributed by atoms with van der Waals surface area (Å²) in [6.45, 7) is 5.82. The summed E-state index contributed by atoms with van der Waals surface area (Å²) in [5, 5.41) is 0. The maximum atomic E-state index is 14.6. The number of hydrogen-bond donors (Lipinski definition) is 0. The Hall–Kier alpha value is -1.69. The van der Waals surface area contributed by atoms with Gasteiger partial charge in [0.1, 0.15) is 12.3 Å². The van der Waals surface area contributed by atoms with Gasteiger partial charge < -0.3 is 4.74 Å². The number of rotatable bonds is 7. The van der Waals surface area contributed by atoms with Crippen LogP contribution in [0.3, 0.4) is 0 Å². The van der Waals surface area contributed by atoms with Crippen molar-refractivity contribution in [2.75, 3.05) is 12.9 Å². The molecule has 0 atom stereocenters. The van der Waals surface area contributed by atoms with E-state index in [0.717, 1.165) is 31.1 Å². The molecule has 0 radical (unpaired) electrons. The quantitative estimate of drug-likeness (QED) is 0.483. The van der Waals surface area contributed by atoms with Crippen LogP contribution in [-0.4, -0.2) is 32.7 Å². The third kappa shape index (κ3) is 4.65. The van der Waals surface area contributed by atoms with E-state index in [-0.39, 0.29) is 29.0 Å². The molecule has 1 aromatic rings. The van der Waals surface area contributed by atoms with E-state index in [0.29, 0.717) is 18.4 Å². The van der Waals surface area contributed by atoms with Gasteiger partial charge >= 0.3 is 0 Å². The summed E-state index contributed by atoms with van der Waals surface area (Å²) in [6, 6.07) is 6.49. The van der Waals surface area contributed by atoms with Gasteiger partial charge in [-0.15, -0.1) is 0 Å². The fourth-order valence-electron chi connectivity index (χ4n) is 3.48. The molecule has 0 aromatic heterocycles. The molecule has 0 N–H and O–H groups in total. The van der Waals surface area contributed by atoms with Crippen LogP contribution in [0.2, 0.25) is 0 Å². The Morgan fingerprint density at radius 3 is 2.14 bits per heavy atom. The van der Waals surface area contributed by atoms with Gasteiger partial charge in [0, 0.05) is 17.7 Å². The van der Waals surface area contributed by atoms with Crippen molar-refractivity contribution in [1.82, 2.24) is 0 Å². The smallest absolute Gasteiger partial charge is 0.200 e. The van der Waals surface area contributed by atoms with Crippen LogP contribution in [0.4, 0.5) is 4.39 Å². The Morgan fingerprint density at radius 2 is 1.75 bits per heavy atom. The molecule has 6 heteroatoms. The number of hydrogen-bond acceptors (Lipinski definition) is 4. The van der Waals surface area contributed by atoms with Gasteiger partial charge in [-0.1, -0.05) is 32.9 Å². The third-order valence-electron chi connectivity index (χ3n) is 5.44. The van der Waals surface area contributed by atoms with Crippen molar-refractivity contribution in [3.63, 3.8) is 0 Å². The minimum absolute atomic E-state index is 0.0559. The van der Waals surface area contributed by atoms with Gasteiger partial charge in [-0.25, -0.2) is 12.8 Å². The van der Waals surface area contributed by atoms with Gasteiger partial charge in [0.2, 0.25) is 5.78 Å². The standard InChI is InChI=1S/C22H29FO4S/c1-21(2,3)18(15-8-10-17(11-9-15)28(4,25)26)20(19(24)16-6-7-16)27-14-22(23)12-5-13-22/h8-11,16H,5-7,12-14H2,1-4H3/b20-18+. The van der Waals surface area contributed by atoms with Gasteiger partial charge in [-0.3, -0.25) is 4.79 Å². The summed E-state index contributed by atoms with van der Waals surface area (Å²) in [6.07, 6.45) is 4.59. The summed E-state index contributed by atoms with van der Waals surface area (Å²) >= 11 is 0. The Bertz CT molecular complexity index is 883. The first-order valence-corrected chi connectivity index (χ1v) is 11.7. The van der Waals surface area contributed by atoms with Crippen LogP contribution in [0.5, 0.6) is 0 Å². The molecule has 2 aliphatic carbocycles. The van der Waals surface area contributed by atoms with Crippen molar-refractivity contribution in [3.8, 4) is 0 Å². The average Bonchev–Trinajstić information content (AvgIpc) is 3.39. The highest BCUT2D eigenvalue weighted by molar-refractivity contribution is 7.90. The zero-order valence-corrected chi connectivity index (χ0v) is 17.9. The van der Waals surface area contributed by atoms with E-state index in [2.05, 4.69) is 0 Å². The number of Topliss-reactive ketones (excluding diaryl/α,β-unsaturated/α-hetero) is 1. The maximum Gasteiger partial charge on any atom is 0.200 e. The number of carbonyl (C=O) groups excluding carboxylic acids is 1. The molecule has 154 valence electrons. The van der Waals surface area contributed by atoms with E-state index in [9.17, 15) is 17.6 Å². The van der Waals surface area contributed by atoms with E-state index in [1.165, 1.54) is 12.1 Å². The van der Waals surface area contributed by atoms with Gasteiger partial charge in [0.05, 0.1) is 4.90 Å². The third-order valence-corrected chi connectivity index (χ3v) is 6.57. The highest BCUT2D eigenvalue weighted by Gasteiger charge is 2.41. The second kappa shape index (κ2) is 7.29. The van der Waals surface area contributed by atoms with Crippen molar-refractivity contribution in [2.24, 2.45) is 11.3 Å². The highest BCUT2D eigenvalue weighted by Crippen LogP contribution is 2.43. The molecular formula is C22H29FO4S. The zero-order valence-electron chi connectivity index (χ0n) is 17.0. The number of allylic oxidation sites excluding steroid dienone is 2. The number of sulfone groups is 1. The molecule has 0 unspecified atom stereocenters.